The van der Waals surface area contributed by atoms with Crippen molar-refractivity contribution in [3.63, 3.8) is 0 Å². The summed E-state index contributed by atoms with van der Waals surface area (Å²) in [6.07, 6.45) is 11.7. The first kappa shape index (κ1) is 14.9. The van der Waals surface area contributed by atoms with Gasteiger partial charge in [-0.15, -0.1) is 0 Å². The van der Waals surface area contributed by atoms with Gasteiger partial charge in [0.1, 0.15) is 0 Å². The average Bonchev–Trinajstić information content (AvgIpc) is 2.84. The van der Waals surface area contributed by atoms with Crippen LogP contribution in [0.3, 0.4) is 0 Å². The van der Waals surface area contributed by atoms with Crippen LogP contribution in [0.15, 0.2) is 11.6 Å². The Labute approximate surface area is 134 Å². The van der Waals surface area contributed by atoms with E-state index in [1.165, 1.54) is 32.1 Å². The Morgan fingerprint density at radius 2 is 1.95 bits per heavy atom. The van der Waals surface area contributed by atoms with E-state index < -0.39 is 5.60 Å². The van der Waals surface area contributed by atoms with E-state index in [0.717, 1.165) is 30.3 Å². The van der Waals surface area contributed by atoms with Crippen LogP contribution in [0, 0.1) is 29.1 Å². The van der Waals surface area contributed by atoms with E-state index in [0.29, 0.717) is 30.1 Å². The Bertz CT molecular complexity index is 522. The molecule has 0 aliphatic heterocycles. The SMILES string of the molecule is CCC1CCC2C3CCC4=CC(=O)CCC4(O)C3CCC12C. The van der Waals surface area contributed by atoms with E-state index in [2.05, 4.69) is 13.8 Å². The molecular formula is C20H30O2. The second kappa shape index (κ2) is 4.93. The van der Waals surface area contributed by atoms with Crippen LogP contribution < -0.4 is 0 Å². The lowest BCUT2D eigenvalue weighted by Gasteiger charge is -2.57. The highest BCUT2D eigenvalue weighted by Crippen LogP contribution is 2.64. The zero-order chi connectivity index (χ0) is 15.5. The van der Waals surface area contributed by atoms with Crippen molar-refractivity contribution in [2.75, 3.05) is 0 Å². The van der Waals surface area contributed by atoms with Crippen LogP contribution in [0.2, 0.25) is 0 Å². The third-order valence-electron chi connectivity index (χ3n) is 8.13. The zero-order valence-corrected chi connectivity index (χ0v) is 14.1. The summed E-state index contributed by atoms with van der Waals surface area (Å²) in [7, 11) is 0. The summed E-state index contributed by atoms with van der Waals surface area (Å²) in [6, 6.07) is 0. The van der Waals surface area contributed by atoms with Crippen molar-refractivity contribution in [3.05, 3.63) is 11.6 Å². The van der Waals surface area contributed by atoms with Gasteiger partial charge >= 0.3 is 0 Å². The second-order valence-electron chi connectivity index (χ2n) is 8.70. The molecule has 0 amide bonds. The van der Waals surface area contributed by atoms with Crippen LogP contribution in [-0.4, -0.2) is 16.5 Å². The normalized spacial score (nSPS) is 50.9. The molecule has 0 aromatic heterocycles. The highest BCUT2D eigenvalue weighted by Gasteiger charge is 2.59. The van der Waals surface area contributed by atoms with E-state index in [-0.39, 0.29) is 5.78 Å². The third kappa shape index (κ3) is 1.85. The Balaban J connectivity index is 1.67. The van der Waals surface area contributed by atoms with Gasteiger partial charge in [0, 0.05) is 6.42 Å². The van der Waals surface area contributed by atoms with Crippen molar-refractivity contribution in [2.24, 2.45) is 29.1 Å². The molecule has 3 fully saturated rings. The van der Waals surface area contributed by atoms with Crippen LogP contribution >= 0.6 is 0 Å². The number of hydrogen-bond donors (Lipinski definition) is 1. The summed E-state index contributed by atoms with van der Waals surface area (Å²) >= 11 is 0. The molecule has 0 aromatic rings. The van der Waals surface area contributed by atoms with Crippen LogP contribution in [0.25, 0.3) is 0 Å². The Morgan fingerprint density at radius 3 is 2.73 bits per heavy atom. The van der Waals surface area contributed by atoms with Gasteiger partial charge in [-0.3, -0.25) is 4.79 Å². The molecule has 3 saturated carbocycles. The maximum Gasteiger partial charge on any atom is 0.155 e. The zero-order valence-electron chi connectivity index (χ0n) is 14.1. The van der Waals surface area contributed by atoms with Crippen molar-refractivity contribution < 1.29 is 9.90 Å². The molecule has 0 saturated heterocycles. The van der Waals surface area contributed by atoms with Crippen molar-refractivity contribution in [3.8, 4) is 0 Å². The molecule has 0 radical (unpaired) electrons. The fourth-order valence-corrected chi connectivity index (χ4v) is 6.96. The molecule has 1 N–H and O–H groups in total. The molecule has 0 bridgehead atoms. The molecule has 0 heterocycles. The Morgan fingerprint density at radius 1 is 1.14 bits per heavy atom. The third-order valence-corrected chi connectivity index (χ3v) is 8.13. The molecule has 4 aliphatic rings. The highest BCUT2D eigenvalue weighted by atomic mass is 16.3. The molecular weight excluding hydrogens is 272 g/mol. The summed E-state index contributed by atoms with van der Waals surface area (Å²) in [5.74, 6) is 3.02. The highest BCUT2D eigenvalue weighted by molar-refractivity contribution is 5.92. The van der Waals surface area contributed by atoms with Crippen molar-refractivity contribution in [1.82, 2.24) is 0 Å². The fraction of sp³-hybridized carbons (Fsp3) is 0.850. The predicted octanol–water partition coefficient (Wildman–Crippen LogP) is 4.27. The lowest BCUT2D eigenvalue weighted by molar-refractivity contribution is -0.126. The smallest absolute Gasteiger partial charge is 0.155 e. The minimum atomic E-state index is -0.650. The van der Waals surface area contributed by atoms with Gasteiger partial charge in [0.2, 0.25) is 0 Å². The number of hydrogen-bond acceptors (Lipinski definition) is 2. The van der Waals surface area contributed by atoms with Crippen LogP contribution in [-0.2, 0) is 4.79 Å². The lowest BCUT2D eigenvalue weighted by Crippen LogP contribution is -2.55. The van der Waals surface area contributed by atoms with Gasteiger partial charge in [-0.25, -0.2) is 0 Å². The number of carbonyl (C=O) groups is 1. The summed E-state index contributed by atoms with van der Waals surface area (Å²) < 4.78 is 0. The maximum absolute atomic E-state index is 11.7. The summed E-state index contributed by atoms with van der Waals surface area (Å²) in [5.41, 5.74) is 0.930. The molecule has 4 aliphatic carbocycles. The number of ketones is 1. The number of carbonyl (C=O) groups excluding carboxylic acids is 1. The molecule has 22 heavy (non-hydrogen) atoms. The molecule has 0 aromatic carbocycles. The molecule has 122 valence electrons. The maximum atomic E-state index is 11.7. The van der Waals surface area contributed by atoms with E-state index in [1.54, 1.807) is 6.08 Å². The summed E-state index contributed by atoms with van der Waals surface area (Å²) in [4.78, 5) is 11.7. The number of fused-ring (bicyclic) bond motifs is 5. The van der Waals surface area contributed by atoms with Crippen molar-refractivity contribution in [2.45, 2.75) is 77.2 Å². The molecule has 6 atom stereocenters. The van der Waals surface area contributed by atoms with Gasteiger partial charge in [0.15, 0.2) is 5.78 Å². The van der Waals surface area contributed by atoms with Gasteiger partial charge in [-0.1, -0.05) is 20.3 Å². The van der Waals surface area contributed by atoms with E-state index in [1.807, 2.05) is 0 Å². The molecule has 2 nitrogen and oxygen atoms in total. The van der Waals surface area contributed by atoms with E-state index in [4.69, 9.17) is 0 Å². The quantitative estimate of drug-likeness (QED) is 0.785. The summed E-state index contributed by atoms with van der Waals surface area (Å²) in [5, 5.41) is 11.4. The standard InChI is InChI=1S/C20H30O2/c1-3-13-5-7-17-16-6-4-14-12-15(21)8-11-20(14,22)18(16)9-10-19(13,17)2/h12-13,16-18,22H,3-11H2,1-2H3. The predicted molar refractivity (Wildman–Crippen MR) is 87.3 cm³/mol. The lowest BCUT2D eigenvalue weighted by atomic mass is 9.50. The Kier molecular flexibility index (Phi) is 3.35. The molecule has 6 unspecified atom stereocenters. The van der Waals surface area contributed by atoms with Gasteiger partial charge in [0.25, 0.3) is 0 Å². The van der Waals surface area contributed by atoms with Crippen LogP contribution in [0.1, 0.15) is 71.6 Å². The molecule has 2 heteroatoms. The monoisotopic (exact) mass is 302 g/mol. The topological polar surface area (TPSA) is 37.3 Å². The Hall–Kier alpha value is -0.630. The minimum absolute atomic E-state index is 0.227. The number of aliphatic hydroxyl groups is 1. The van der Waals surface area contributed by atoms with Crippen molar-refractivity contribution >= 4 is 5.78 Å². The first-order chi connectivity index (χ1) is 10.5. The largest absolute Gasteiger partial charge is 0.385 e. The molecule has 0 spiro atoms. The summed E-state index contributed by atoms with van der Waals surface area (Å²) in [6.45, 7) is 4.89. The minimum Gasteiger partial charge on any atom is -0.385 e. The first-order valence-electron chi connectivity index (χ1n) is 9.45. The van der Waals surface area contributed by atoms with Gasteiger partial charge in [-0.2, -0.15) is 0 Å². The fourth-order valence-electron chi connectivity index (χ4n) is 6.96. The average molecular weight is 302 g/mol. The van der Waals surface area contributed by atoms with Gasteiger partial charge in [-0.05, 0) is 85.7 Å². The van der Waals surface area contributed by atoms with Crippen molar-refractivity contribution in [1.29, 1.82) is 0 Å². The van der Waals surface area contributed by atoms with Gasteiger partial charge < -0.3 is 5.11 Å². The van der Waals surface area contributed by atoms with Crippen LogP contribution in [0.4, 0.5) is 0 Å². The number of rotatable bonds is 1. The van der Waals surface area contributed by atoms with E-state index >= 15 is 0 Å². The van der Waals surface area contributed by atoms with Crippen LogP contribution in [0.5, 0.6) is 0 Å². The second-order valence-corrected chi connectivity index (χ2v) is 8.70. The first-order valence-corrected chi connectivity index (χ1v) is 9.45. The van der Waals surface area contributed by atoms with Gasteiger partial charge in [0.05, 0.1) is 5.60 Å². The molecule has 4 rings (SSSR count). The van der Waals surface area contributed by atoms with E-state index in [9.17, 15) is 9.90 Å².